The van der Waals surface area contributed by atoms with Crippen LogP contribution in [0.2, 0.25) is 5.02 Å². The number of hydrogen-bond acceptors (Lipinski definition) is 8. The van der Waals surface area contributed by atoms with Crippen molar-refractivity contribution in [1.82, 2.24) is 25.1 Å². The summed E-state index contributed by atoms with van der Waals surface area (Å²) in [6.07, 6.45) is -2.35. The zero-order valence-electron chi connectivity index (χ0n) is 17.7. The molecule has 4 N–H and O–H groups in total. The summed E-state index contributed by atoms with van der Waals surface area (Å²) in [5.41, 5.74) is 0.477. The third-order valence-electron chi connectivity index (χ3n) is 6.11. The summed E-state index contributed by atoms with van der Waals surface area (Å²) in [5.74, 6) is -0.956. The van der Waals surface area contributed by atoms with Crippen LogP contribution in [0.5, 0.6) is 0 Å². The van der Waals surface area contributed by atoms with Gasteiger partial charge in [0, 0.05) is 11.4 Å². The molecule has 180 valence electrons. The molecule has 2 aliphatic rings. The number of fused-ring (bicyclic) bond motifs is 1. The van der Waals surface area contributed by atoms with E-state index in [1.54, 1.807) is 0 Å². The Hall–Kier alpha value is -2.93. The minimum absolute atomic E-state index is 0.00262. The van der Waals surface area contributed by atoms with Gasteiger partial charge >= 0.3 is 0 Å². The van der Waals surface area contributed by atoms with Gasteiger partial charge in [0.2, 0.25) is 0 Å². The maximum absolute atomic E-state index is 14.5. The Balaban J connectivity index is 1.50. The van der Waals surface area contributed by atoms with Crippen molar-refractivity contribution in [2.75, 3.05) is 25.1 Å². The Morgan fingerprint density at radius 3 is 2.94 bits per heavy atom. The maximum atomic E-state index is 14.5. The lowest BCUT2D eigenvalue weighted by atomic mass is 10.0. The van der Waals surface area contributed by atoms with Crippen LogP contribution in [0, 0.1) is 5.82 Å². The lowest BCUT2D eigenvalue weighted by molar-refractivity contribution is -0.0923. The molecule has 2 fully saturated rings. The molecule has 2 aliphatic heterocycles. The van der Waals surface area contributed by atoms with Crippen molar-refractivity contribution >= 4 is 34.4 Å². The van der Waals surface area contributed by atoms with Crippen LogP contribution in [-0.4, -0.2) is 85.4 Å². The molecule has 34 heavy (non-hydrogen) atoms. The van der Waals surface area contributed by atoms with Crippen molar-refractivity contribution in [1.29, 1.82) is 0 Å². The number of rotatable bonds is 4. The predicted octanol–water partition coefficient (Wildman–Crippen LogP) is 1.60. The molecule has 1 aromatic carbocycles. The first kappa shape index (κ1) is 22.8. The smallest absolute Gasteiger partial charge is 0.273 e. The van der Waals surface area contributed by atoms with Crippen LogP contribution in [0.25, 0.3) is 11.0 Å². The summed E-state index contributed by atoms with van der Waals surface area (Å²) in [6, 6.07) is 2.27. The summed E-state index contributed by atoms with van der Waals surface area (Å²) in [7, 11) is 0. The monoisotopic (exact) mass is 494 g/mol. The van der Waals surface area contributed by atoms with E-state index in [-0.39, 0.29) is 53.7 Å². The molecule has 4 heterocycles. The zero-order valence-corrected chi connectivity index (χ0v) is 18.4. The number of anilines is 1. The number of benzene rings is 1. The molecule has 2 saturated heterocycles. The van der Waals surface area contributed by atoms with E-state index in [0.29, 0.717) is 5.56 Å². The second-order valence-electron chi connectivity index (χ2n) is 8.34. The number of alkyl halides is 1. The van der Waals surface area contributed by atoms with E-state index in [1.165, 1.54) is 29.4 Å². The van der Waals surface area contributed by atoms with Gasteiger partial charge in [-0.2, -0.15) is 5.10 Å². The third kappa shape index (κ3) is 4.06. The van der Waals surface area contributed by atoms with Gasteiger partial charge in [-0.05, 0) is 23.8 Å². The van der Waals surface area contributed by atoms with E-state index in [4.69, 9.17) is 16.3 Å². The molecule has 0 bridgehead atoms. The largest absolute Gasteiger partial charge is 0.388 e. The molecule has 3 aromatic rings. The Kier molecular flexibility index (Phi) is 6.06. The van der Waals surface area contributed by atoms with Crippen molar-refractivity contribution < 1.29 is 28.5 Å². The molecular weight excluding hydrogens is 474 g/mol. The number of nitrogens with zero attached hydrogens (tertiary/aromatic N) is 4. The SMILES string of the molecule is O=C(c1[nH]nc2ncnc(N[C@@H]3COC[C@@H](O)[C@H]3O)c12)N1C[C@@H](F)C[C@@H]1c1cc(F)ccc1Cl. The van der Waals surface area contributed by atoms with Gasteiger partial charge in [0.25, 0.3) is 5.91 Å². The Morgan fingerprint density at radius 2 is 2.12 bits per heavy atom. The molecule has 2 aromatic heterocycles. The molecule has 0 spiro atoms. The number of ether oxygens (including phenoxy) is 1. The highest BCUT2D eigenvalue weighted by atomic mass is 35.5. The summed E-state index contributed by atoms with van der Waals surface area (Å²) < 4.78 is 33.6. The van der Waals surface area contributed by atoms with E-state index in [0.717, 1.165) is 0 Å². The van der Waals surface area contributed by atoms with Crippen LogP contribution < -0.4 is 5.32 Å². The summed E-state index contributed by atoms with van der Waals surface area (Å²) in [5, 5.41) is 30.3. The number of carbonyl (C=O) groups excluding carboxylic acids is 1. The van der Waals surface area contributed by atoms with Gasteiger partial charge < -0.3 is 25.2 Å². The van der Waals surface area contributed by atoms with E-state index in [9.17, 15) is 23.8 Å². The standard InChI is InChI=1S/C21H21ClF2N6O4/c22-12-2-1-9(23)3-11(12)14-4-10(24)5-30(14)21(33)17-16-19(25-8-26-20(16)29-28-17)27-13-6-34-7-15(31)18(13)32/h1-3,8,10,13-15,18,31-32H,4-7H2,(H2,25,26,27,28,29)/t10-,13+,14+,15+,18-/m0/s1. The zero-order chi connectivity index (χ0) is 24.0. The number of aromatic nitrogens is 4. The topological polar surface area (TPSA) is 136 Å². The van der Waals surface area contributed by atoms with Crippen LogP contribution in [-0.2, 0) is 4.74 Å². The number of aliphatic hydroxyl groups is 2. The minimum atomic E-state index is -1.33. The number of halogens is 3. The number of nitrogens with one attached hydrogen (secondary N) is 2. The quantitative estimate of drug-likeness (QED) is 0.429. The fourth-order valence-electron chi connectivity index (χ4n) is 4.42. The molecule has 0 saturated carbocycles. The van der Waals surface area contributed by atoms with Gasteiger partial charge in [0.1, 0.15) is 42.0 Å². The molecule has 1 amide bonds. The highest BCUT2D eigenvalue weighted by Crippen LogP contribution is 2.39. The Labute approximate surface area is 196 Å². The normalized spacial score (nSPS) is 27.3. The van der Waals surface area contributed by atoms with E-state index < -0.39 is 42.2 Å². The van der Waals surface area contributed by atoms with Crippen LogP contribution >= 0.6 is 11.6 Å². The lowest BCUT2D eigenvalue weighted by Crippen LogP contribution is -2.51. The first-order valence-corrected chi connectivity index (χ1v) is 11.0. The molecule has 10 nitrogen and oxygen atoms in total. The van der Waals surface area contributed by atoms with E-state index >= 15 is 0 Å². The summed E-state index contributed by atoms with van der Waals surface area (Å²) >= 11 is 6.24. The van der Waals surface area contributed by atoms with Crippen molar-refractivity contribution in [3.63, 3.8) is 0 Å². The second kappa shape index (κ2) is 9.02. The molecule has 13 heteroatoms. The van der Waals surface area contributed by atoms with Gasteiger partial charge in [-0.1, -0.05) is 11.6 Å². The number of likely N-dealkylation sites (tertiary alicyclic amines) is 1. The minimum Gasteiger partial charge on any atom is -0.388 e. The molecule has 0 aliphatic carbocycles. The lowest BCUT2D eigenvalue weighted by Gasteiger charge is -2.32. The van der Waals surface area contributed by atoms with Crippen molar-refractivity contribution in [3.8, 4) is 0 Å². The maximum Gasteiger partial charge on any atom is 0.273 e. The second-order valence-corrected chi connectivity index (χ2v) is 8.75. The summed E-state index contributed by atoms with van der Waals surface area (Å²) in [4.78, 5) is 23.1. The first-order chi connectivity index (χ1) is 16.3. The van der Waals surface area contributed by atoms with Crippen molar-refractivity contribution in [3.05, 3.63) is 46.6 Å². The van der Waals surface area contributed by atoms with Gasteiger partial charge in [-0.3, -0.25) is 9.89 Å². The van der Waals surface area contributed by atoms with Gasteiger partial charge in [0.15, 0.2) is 5.65 Å². The fourth-order valence-corrected chi connectivity index (χ4v) is 4.67. The van der Waals surface area contributed by atoms with Crippen LogP contribution in [0.1, 0.15) is 28.5 Å². The van der Waals surface area contributed by atoms with E-state index in [1.807, 2.05) is 0 Å². The fraction of sp³-hybridized carbons (Fsp3) is 0.429. The third-order valence-corrected chi connectivity index (χ3v) is 6.45. The number of aromatic amines is 1. The molecule has 0 unspecified atom stereocenters. The Bertz CT molecular complexity index is 1230. The highest BCUT2D eigenvalue weighted by Gasteiger charge is 2.40. The molecule has 0 radical (unpaired) electrons. The number of carbonyl (C=O) groups is 1. The van der Waals surface area contributed by atoms with Crippen LogP contribution in [0.15, 0.2) is 24.5 Å². The number of H-pyrrole nitrogens is 1. The Morgan fingerprint density at radius 1 is 1.29 bits per heavy atom. The van der Waals surface area contributed by atoms with Crippen LogP contribution in [0.4, 0.5) is 14.6 Å². The molecule has 5 rings (SSSR count). The number of amides is 1. The van der Waals surface area contributed by atoms with Crippen molar-refractivity contribution in [2.24, 2.45) is 0 Å². The van der Waals surface area contributed by atoms with Crippen molar-refractivity contribution in [2.45, 2.75) is 36.9 Å². The van der Waals surface area contributed by atoms with Gasteiger partial charge in [-0.15, -0.1) is 0 Å². The molecule has 5 atom stereocenters. The average molecular weight is 495 g/mol. The number of hydrogen-bond donors (Lipinski definition) is 4. The molecular formula is C21H21ClF2N6O4. The van der Waals surface area contributed by atoms with Gasteiger partial charge in [0.05, 0.1) is 37.2 Å². The van der Waals surface area contributed by atoms with Crippen LogP contribution in [0.3, 0.4) is 0 Å². The average Bonchev–Trinajstić information content (AvgIpc) is 3.42. The van der Waals surface area contributed by atoms with E-state index in [2.05, 4.69) is 25.5 Å². The summed E-state index contributed by atoms with van der Waals surface area (Å²) in [6.45, 7) is -0.118. The number of aliphatic hydroxyl groups excluding tert-OH is 2. The predicted molar refractivity (Wildman–Crippen MR) is 117 cm³/mol. The highest BCUT2D eigenvalue weighted by molar-refractivity contribution is 6.31. The van der Waals surface area contributed by atoms with Gasteiger partial charge in [-0.25, -0.2) is 18.7 Å². The first-order valence-electron chi connectivity index (χ1n) is 10.6.